The maximum absolute atomic E-state index is 12.4. The van der Waals surface area contributed by atoms with Crippen molar-refractivity contribution in [3.8, 4) is 5.75 Å². The molecule has 0 spiro atoms. The van der Waals surface area contributed by atoms with Crippen LogP contribution in [0.2, 0.25) is 0 Å². The van der Waals surface area contributed by atoms with Gasteiger partial charge in [-0.1, -0.05) is 18.2 Å². The number of nitrogens with one attached hydrogen (secondary N) is 1. The van der Waals surface area contributed by atoms with E-state index in [4.69, 9.17) is 4.74 Å². The third-order valence-corrected chi connectivity index (χ3v) is 3.88. The van der Waals surface area contributed by atoms with Gasteiger partial charge in [-0.05, 0) is 33.8 Å². The highest BCUT2D eigenvalue weighted by Crippen LogP contribution is 2.42. The summed E-state index contributed by atoms with van der Waals surface area (Å²) in [6.45, 7) is 6.97. The molecule has 2 N–H and O–H groups in total. The van der Waals surface area contributed by atoms with Gasteiger partial charge in [0.25, 0.3) is 0 Å². The van der Waals surface area contributed by atoms with Crippen LogP contribution in [0.4, 0.5) is 0 Å². The number of Topliss-reactive ketones (excluding diaryl/α,β-unsaturated/α-hetero) is 1. The highest BCUT2D eigenvalue weighted by Gasteiger charge is 2.36. The van der Waals surface area contributed by atoms with Crippen molar-refractivity contribution in [2.75, 3.05) is 6.61 Å². The number of ether oxygens (including phenoxy) is 1. The number of hydrogen-bond acceptors (Lipinski definition) is 5. The van der Waals surface area contributed by atoms with Crippen molar-refractivity contribution in [3.05, 3.63) is 52.4 Å². The van der Waals surface area contributed by atoms with Gasteiger partial charge in [0.2, 0.25) is 0 Å². The van der Waals surface area contributed by atoms with Crippen LogP contribution in [-0.4, -0.2) is 23.5 Å². The summed E-state index contributed by atoms with van der Waals surface area (Å²) in [5, 5.41) is 13.3. The smallest absolute Gasteiger partial charge is 0.336 e. The van der Waals surface area contributed by atoms with E-state index in [2.05, 4.69) is 5.32 Å². The van der Waals surface area contributed by atoms with E-state index >= 15 is 0 Å². The van der Waals surface area contributed by atoms with Crippen molar-refractivity contribution in [1.82, 2.24) is 5.32 Å². The summed E-state index contributed by atoms with van der Waals surface area (Å²) in [5.74, 6) is -1.25. The molecule has 1 heterocycles. The maximum Gasteiger partial charge on any atom is 0.336 e. The molecular formula is C18H21NO4. The van der Waals surface area contributed by atoms with Crippen molar-refractivity contribution < 1.29 is 19.4 Å². The first kappa shape index (κ1) is 16.8. The number of dihydropyridines is 1. The highest BCUT2D eigenvalue weighted by atomic mass is 16.5. The number of phenols is 1. The number of allylic oxidation sites excluding steroid dienone is 3. The third-order valence-electron chi connectivity index (χ3n) is 3.88. The van der Waals surface area contributed by atoms with Crippen molar-refractivity contribution >= 4 is 11.8 Å². The van der Waals surface area contributed by atoms with Crippen LogP contribution in [0.1, 0.15) is 39.2 Å². The van der Waals surface area contributed by atoms with Crippen LogP contribution in [0.5, 0.6) is 5.75 Å². The Morgan fingerprint density at radius 3 is 2.35 bits per heavy atom. The molecule has 0 fully saturated rings. The van der Waals surface area contributed by atoms with E-state index in [-0.39, 0.29) is 18.1 Å². The number of hydrogen-bond donors (Lipinski definition) is 2. The van der Waals surface area contributed by atoms with Crippen LogP contribution in [0.15, 0.2) is 46.8 Å². The zero-order valence-corrected chi connectivity index (χ0v) is 13.8. The molecule has 0 aromatic heterocycles. The predicted octanol–water partition coefficient (Wildman–Crippen LogP) is 2.78. The number of rotatable bonds is 4. The number of carbonyl (C=O) groups excluding carboxylic acids is 2. The monoisotopic (exact) mass is 315 g/mol. The second-order valence-electron chi connectivity index (χ2n) is 5.47. The van der Waals surface area contributed by atoms with Crippen molar-refractivity contribution in [2.45, 2.75) is 33.6 Å². The lowest BCUT2D eigenvalue weighted by Crippen LogP contribution is -2.31. The summed E-state index contributed by atoms with van der Waals surface area (Å²) in [6, 6.07) is 6.73. The predicted molar refractivity (Wildman–Crippen MR) is 86.7 cm³/mol. The molecule has 0 saturated carbocycles. The summed E-state index contributed by atoms with van der Waals surface area (Å²) in [5.41, 5.74) is 2.63. The van der Waals surface area contributed by atoms with Gasteiger partial charge in [-0.15, -0.1) is 0 Å². The van der Waals surface area contributed by atoms with Gasteiger partial charge in [-0.25, -0.2) is 4.79 Å². The first-order valence-corrected chi connectivity index (χ1v) is 7.53. The van der Waals surface area contributed by atoms with Crippen molar-refractivity contribution in [2.24, 2.45) is 0 Å². The normalized spacial score (nSPS) is 17.8. The highest BCUT2D eigenvalue weighted by molar-refractivity contribution is 6.02. The molecule has 5 nitrogen and oxygen atoms in total. The van der Waals surface area contributed by atoms with Crippen LogP contribution in [0.25, 0.3) is 0 Å². The van der Waals surface area contributed by atoms with E-state index in [0.717, 1.165) is 0 Å². The molecule has 5 heteroatoms. The van der Waals surface area contributed by atoms with Gasteiger partial charge >= 0.3 is 5.97 Å². The number of para-hydroxylation sites is 1. The molecular weight excluding hydrogens is 294 g/mol. The quantitative estimate of drug-likeness (QED) is 0.836. The Morgan fingerprint density at radius 1 is 1.17 bits per heavy atom. The number of carbonyl (C=O) groups is 2. The molecule has 0 aliphatic carbocycles. The Hall–Kier alpha value is -2.56. The second kappa shape index (κ2) is 6.69. The lowest BCUT2D eigenvalue weighted by atomic mass is 9.78. The fourth-order valence-electron chi connectivity index (χ4n) is 2.98. The summed E-state index contributed by atoms with van der Waals surface area (Å²) in [7, 11) is 0. The Bertz CT molecular complexity index is 715. The standard InChI is InChI=1S/C18H21NO4/c1-5-23-18(22)16-11(3)19-10(2)15(12(4)20)17(16)13-8-6-7-9-14(13)21/h6-9,17,19,21H,5H2,1-4H3. The molecule has 0 amide bonds. The number of esters is 1. The van der Waals surface area contributed by atoms with Crippen LogP contribution >= 0.6 is 0 Å². The molecule has 1 aliphatic rings. The van der Waals surface area contributed by atoms with Gasteiger partial charge in [0.05, 0.1) is 18.1 Å². The van der Waals surface area contributed by atoms with Crippen LogP contribution in [0.3, 0.4) is 0 Å². The minimum absolute atomic E-state index is 0.0422. The van der Waals surface area contributed by atoms with E-state index in [1.54, 1.807) is 45.0 Å². The van der Waals surface area contributed by atoms with Gasteiger partial charge < -0.3 is 15.2 Å². The summed E-state index contributed by atoms with van der Waals surface area (Å²) >= 11 is 0. The molecule has 1 atom stereocenters. The SMILES string of the molecule is CCOC(=O)C1=C(C)NC(C)=C(C(C)=O)C1c1ccccc1O. The number of benzene rings is 1. The molecule has 0 bridgehead atoms. The average molecular weight is 315 g/mol. The van der Waals surface area contributed by atoms with Gasteiger partial charge in [0, 0.05) is 22.5 Å². The number of ketones is 1. The summed E-state index contributed by atoms with van der Waals surface area (Å²) in [6.07, 6.45) is 0. The minimum Gasteiger partial charge on any atom is -0.508 e. The number of phenolic OH excluding ortho intramolecular Hbond substituents is 1. The molecule has 1 unspecified atom stereocenters. The fraction of sp³-hybridized carbons (Fsp3) is 0.333. The van der Waals surface area contributed by atoms with E-state index in [1.165, 1.54) is 6.92 Å². The molecule has 1 aromatic rings. The Balaban J connectivity index is 2.69. The van der Waals surface area contributed by atoms with Gasteiger partial charge in [-0.2, -0.15) is 0 Å². The first-order chi connectivity index (χ1) is 10.9. The van der Waals surface area contributed by atoms with Crippen LogP contribution in [-0.2, 0) is 14.3 Å². The molecule has 0 saturated heterocycles. The molecule has 1 aromatic carbocycles. The largest absolute Gasteiger partial charge is 0.508 e. The van der Waals surface area contributed by atoms with Crippen LogP contribution < -0.4 is 5.32 Å². The van der Waals surface area contributed by atoms with Crippen LogP contribution in [0, 0.1) is 0 Å². The second-order valence-corrected chi connectivity index (χ2v) is 5.47. The Kier molecular flexibility index (Phi) is 4.89. The first-order valence-electron chi connectivity index (χ1n) is 7.53. The maximum atomic E-state index is 12.4. The zero-order chi connectivity index (χ0) is 17.1. The minimum atomic E-state index is -0.644. The summed E-state index contributed by atoms with van der Waals surface area (Å²) in [4.78, 5) is 24.6. The van der Waals surface area contributed by atoms with E-state index < -0.39 is 11.9 Å². The Morgan fingerprint density at radius 2 is 1.78 bits per heavy atom. The molecule has 122 valence electrons. The molecule has 1 aliphatic heterocycles. The van der Waals surface area contributed by atoms with Gasteiger partial charge in [-0.3, -0.25) is 4.79 Å². The lowest BCUT2D eigenvalue weighted by molar-refractivity contribution is -0.138. The van der Waals surface area contributed by atoms with Gasteiger partial charge in [0.1, 0.15) is 5.75 Å². The topological polar surface area (TPSA) is 75.6 Å². The third kappa shape index (κ3) is 3.13. The summed E-state index contributed by atoms with van der Waals surface area (Å²) < 4.78 is 5.15. The van der Waals surface area contributed by atoms with Gasteiger partial charge in [0.15, 0.2) is 5.78 Å². The Labute approximate surface area is 135 Å². The fourth-order valence-corrected chi connectivity index (χ4v) is 2.98. The van der Waals surface area contributed by atoms with E-state index in [0.29, 0.717) is 28.1 Å². The van der Waals surface area contributed by atoms with E-state index in [9.17, 15) is 14.7 Å². The molecule has 0 radical (unpaired) electrons. The van der Waals surface area contributed by atoms with Crippen molar-refractivity contribution in [3.63, 3.8) is 0 Å². The average Bonchev–Trinajstić information content (AvgIpc) is 2.46. The molecule has 23 heavy (non-hydrogen) atoms. The van der Waals surface area contributed by atoms with E-state index in [1.807, 2.05) is 0 Å². The zero-order valence-electron chi connectivity index (χ0n) is 13.8. The van der Waals surface area contributed by atoms with Crippen molar-refractivity contribution in [1.29, 1.82) is 0 Å². The molecule has 2 rings (SSSR count). The number of aromatic hydroxyl groups is 1. The lowest BCUT2D eigenvalue weighted by Gasteiger charge is -2.30.